The minimum absolute atomic E-state index is 0.143. The van der Waals surface area contributed by atoms with E-state index in [1.165, 1.54) is 6.92 Å². The Labute approximate surface area is 145 Å². The first kappa shape index (κ1) is 16.1. The molecule has 0 saturated heterocycles. The molecule has 0 radical (unpaired) electrons. The molecule has 0 aliphatic rings. The maximum atomic E-state index is 11.1. The fourth-order valence-corrected chi connectivity index (χ4v) is 2.49. The Kier molecular flexibility index (Phi) is 4.40. The van der Waals surface area contributed by atoms with Crippen LogP contribution < -0.4 is 11.1 Å². The lowest BCUT2D eigenvalue weighted by atomic mass is 9.99. The fraction of sp³-hybridized carbons (Fsp3) is 0.0526. The predicted octanol–water partition coefficient (Wildman–Crippen LogP) is 3.22. The number of nitrogens with one attached hydrogen (secondary N) is 1. The highest BCUT2D eigenvalue weighted by Gasteiger charge is 2.14. The van der Waals surface area contributed by atoms with Gasteiger partial charge in [0.25, 0.3) is 0 Å². The number of benzene rings is 1. The van der Waals surface area contributed by atoms with Crippen molar-refractivity contribution in [3.63, 3.8) is 0 Å². The molecule has 0 atom stereocenters. The van der Waals surface area contributed by atoms with Crippen LogP contribution in [0.15, 0.2) is 54.7 Å². The van der Waals surface area contributed by atoms with E-state index in [2.05, 4.69) is 21.4 Å². The van der Waals surface area contributed by atoms with E-state index in [1.807, 2.05) is 30.3 Å². The predicted molar refractivity (Wildman–Crippen MR) is 96.3 cm³/mol. The summed E-state index contributed by atoms with van der Waals surface area (Å²) in [4.78, 5) is 19.7. The summed E-state index contributed by atoms with van der Waals surface area (Å²) in [5, 5.41) is 12.2. The van der Waals surface area contributed by atoms with Crippen LogP contribution in [0.2, 0.25) is 0 Å². The molecule has 25 heavy (non-hydrogen) atoms. The molecule has 0 unspecified atom stereocenters. The van der Waals surface area contributed by atoms with Crippen molar-refractivity contribution in [1.29, 1.82) is 5.26 Å². The Balaban J connectivity index is 2.10. The second-order valence-corrected chi connectivity index (χ2v) is 5.40. The average Bonchev–Trinajstić information content (AvgIpc) is 2.62. The Morgan fingerprint density at radius 2 is 1.92 bits per heavy atom. The lowest BCUT2D eigenvalue weighted by Crippen LogP contribution is -2.05. The molecule has 0 fully saturated rings. The van der Waals surface area contributed by atoms with Crippen LogP contribution >= 0.6 is 0 Å². The van der Waals surface area contributed by atoms with Crippen molar-refractivity contribution in [2.75, 3.05) is 11.1 Å². The van der Waals surface area contributed by atoms with E-state index in [-0.39, 0.29) is 11.7 Å². The monoisotopic (exact) mass is 329 g/mol. The zero-order valence-corrected chi connectivity index (χ0v) is 13.5. The van der Waals surface area contributed by atoms with E-state index < -0.39 is 0 Å². The van der Waals surface area contributed by atoms with Crippen LogP contribution in [0.1, 0.15) is 12.5 Å². The lowest BCUT2D eigenvalue weighted by molar-refractivity contribution is -0.114. The summed E-state index contributed by atoms with van der Waals surface area (Å²) in [5.74, 6) is 0.0163. The first-order chi connectivity index (χ1) is 12.1. The second kappa shape index (κ2) is 6.81. The van der Waals surface area contributed by atoms with Crippen molar-refractivity contribution in [3.05, 3.63) is 60.3 Å². The van der Waals surface area contributed by atoms with Crippen molar-refractivity contribution in [2.45, 2.75) is 6.92 Å². The number of pyridine rings is 2. The third kappa shape index (κ3) is 3.46. The molecule has 2 heterocycles. The summed E-state index contributed by atoms with van der Waals surface area (Å²) in [5.41, 5.74) is 9.72. The molecule has 3 rings (SSSR count). The summed E-state index contributed by atoms with van der Waals surface area (Å²) in [6.45, 7) is 1.45. The van der Waals surface area contributed by atoms with Gasteiger partial charge in [-0.15, -0.1) is 0 Å². The minimum atomic E-state index is -0.143. The van der Waals surface area contributed by atoms with Crippen LogP contribution in [-0.4, -0.2) is 15.9 Å². The number of anilines is 2. The van der Waals surface area contributed by atoms with Gasteiger partial charge in [-0.1, -0.05) is 18.2 Å². The molecule has 0 aliphatic heterocycles. The van der Waals surface area contributed by atoms with E-state index in [1.54, 1.807) is 24.4 Å². The third-order valence-electron chi connectivity index (χ3n) is 3.60. The molecule has 1 amide bonds. The number of carbonyl (C=O) groups excluding carboxylic acids is 1. The SMILES string of the molecule is CC(=O)Nc1ccc(-c2cc(-c3ccccn3)nc(N)c2C#N)cc1. The number of aromatic nitrogens is 2. The van der Waals surface area contributed by atoms with E-state index >= 15 is 0 Å². The van der Waals surface area contributed by atoms with Gasteiger partial charge < -0.3 is 11.1 Å². The number of nitrogens with two attached hydrogens (primary N) is 1. The molecule has 6 nitrogen and oxygen atoms in total. The number of carbonyl (C=O) groups is 1. The highest BCUT2D eigenvalue weighted by molar-refractivity contribution is 5.89. The highest BCUT2D eigenvalue weighted by Crippen LogP contribution is 2.31. The largest absolute Gasteiger partial charge is 0.383 e. The highest BCUT2D eigenvalue weighted by atomic mass is 16.1. The number of amides is 1. The number of hydrogen-bond acceptors (Lipinski definition) is 5. The van der Waals surface area contributed by atoms with Gasteiger partial charge in [-0.05, 0) is 35.9 Å². The summed E-state index contributed by atoms with van der Waals surface area (Å²) in [6.07, 6.45) is 1.67. The van der Waals surface area contributed by atoms with Crippen LogP contribution in [0.25, 0.3) is 22.5 Å². The van der Waals surface area contributed by atoms with E-state index in [0.717, 1.165) is 5.56 Å². The van der Waals surface area contributed by atoms with Crippen molar-refractivity contribution >= 4 is 17.4 Å². The summed E-state index contributed by atoms with van der Waals surface area (Å²) in [6, 6.07) is 16.6. The number of nitrogen functional groups attached to an aromatic ring is 1. The number of nitrogens with zero attached hydrogens (tertiary/aromatic N) is 3. The van der Waals surface area contributed by atoms with Gasteiger partial charge in [0.05, 0.1) is 11.4 Å². The Morgan fingerprint density at radius 3 is 2.52 bits per heavy atom. The Bertz CT molecular complexity index is 960. The quantitative estimate of drug-likeness (QED) is 0.767. The first-order valence-corrected chi connectivity index (χ1v) is 7.58. The van der Waals surface area contributed by atoms with E-state index in [9.17, 15) is 10.1 Å². The van der Waals surface area contributed by atoms with Crippen LogP contribution in [0.4, 0.5) is 11.5 Å². The van der Waals surface area contributed by atoms with Crippen molar-refractivity contribution < 1.29 is 4.79 Å². The molecular weight excluding hydrogens is 314 g/mol. The Hall–Kier alpha value is -3.72. The lowest BCUT2D eigenvalue weighted by Gasteiger charge is -2.10. The van der Waals surface area contributed by atoms with Crippen LogP contribution in [0.5, 0.6) is 0 Å². The summed E-state index contributed by atoms with van der Waals surface area (Å²) in [7, 11) is 0. The van der Waals surface area contributed by atoms with Gasteiger partial charge in [0.2, 0.25) is 5.91 Å². The van der Waals surface area contributed by atoms with Crippen LogP contribution in [0, 0.1) is 11.3 Å². The maximum absolute atomic E-state index is 11.1. The van der Waals surface area contributed by atoms with Crippen LogP contribution in [0.3, 0.4) is 0 Å². The van der Waals surface area contributed by atoms with E-state index in [0.29, 0.717) is 28.2 Å². The first-order valence-electron chi connectivity index (χ1n) is 7.58. The van der Waals surface area contributed by atoms with Crippen LogP contribution in [-0.2, 0) is 4.79 Å². The molecule has 0 saturated carbocycles. The maximum Gasteiger partial charge on any atom is 0.221 e. The fourth-order valence-electron chi connectivity index (χ4n) is 2.49. The molecule has 3 aromatic rings. The average molecular weight is 329 g/mol. The van der Waals surface area contributed by atoms with Crippen molar-refractivity contribution in [1.82, 2.24) is 9.97 Å². The zero-order valence-electron chi connectivity index (χ0n) is 13.5. The van der Waals surface area contributed by atoms with Gasteiger partial charge in [-0.25, -0.2) is 4.98 Å². The van der Waals surface area contributed by atoms with Gasteiger partial charge in [-0.2, -0.15) is 5.26 Å². The number of rotatable bonds is 3. The minimum Gasteiger partial charge on any atom is -0.383 e. The van der Waals surface area contributed by atoms with Gasteiger partial charge >= 0.3 is 0 Å². The normalized spacial score (nSPS) is 10.1. The van der Waals surface area contributed by atoms with Gasteiger partial charge in [0.1, 0.15) is 17.5 Å². The van der Waals surface area contributed by atoms with Gasteiger partial charge in [0.15, 0.2) is 0 Å². The number of nitriles is 1. The molecular formula is C19H15N5O. The number of hydrogen-bond donors (Lipinski definition) is 2. The van der Waals surface area contributed by atoms with Crippen molar-refractivity contribution in [2.24, 2.45) is 0 Å². The standard InChI is InChI=1S/C19H15N5O/c1-12(25)23-14-7-5-13(6-8-14)15-10-18(17-4-2-3-9-22-17)24-19(21)16(15)11-20/h2-10H,1H3,(H2,21,24)(H,23,25). The topological polar surface area (TPSA) is 105 Å². The molecule has 3 N–H and O–H groups in total. The summed E-state index contributed by atoms with van der Waals surface area (Å²) < 4.78 is 0. The van der Waals surface area contributed by atoms with E-state index in [4.69, 9.17) is 5.73 Å². The van der Waals surface area contributed by atoms with Crippen molar-refractivity contribution in [3.8, 4) is 28.6 Å². The van der Waals surface area contributed by atoms with Gasteiger partial charge in [-0.3, -0.25) is 9.78 Å². The third-order valence-corrected chi connectivity index (χ3v) is 3.60. The molecule has 122 valence electrons. The van der Waals surface area contributed by atoms with Gasteiger partial charge in [0, 0.05) is 24.4 Å². The molecule has 1 aromatic carbocycles. The smallest absolute Gasteiger partial charge is 0.221 e. The molecule has 2 aromatic heterocycles. The Morgan fingerprint density at radius 1 is 1.16 bits per heavy atom. The molecule has 6 heteroatoms. The molecule has 0 spiro atoms. The molecule has 0 aliphatic carbocycles. The molecule has 0 bridgehead atoms. The zero-order chi connectivity index (χ0) is 17.8. The summed E-state index contributed by atoms with van der Waals surface area (Å²) >= 11 is 0. The second-order valence-electron chi connectivity index (χ2n) is 5.40.